The molecule has 6 nitrogen and oxygen atoms in total. The molecule has 2 aromatic carbocycles. The fourth-order valence-corrected chi connectivity index (χ4v) is 3.79. The van der Waals surface area contributed by atoms with E-state index in [4.69, 9.17) is 11.6 Å². The van der Waals surface area contributed by atoms with Gasteiger partial charge in [-0.2, -0.15) is 0 Å². The van der Waals surface area contributed by atoms with Gasteiger partial charge in [-0.3, -0.25) is 9.78 Å². The van der Waals surface area contributed by atoms with Gasteiger partial charge in [-0.05, 0) is 43.2 Å². The smallest absolute Gasteiger partial charge is 0.324 e. The summed E-state index contributed by atoms with van der Waals surface area (Å²) >= 11 is 6.28. The molecule has 1 aromatic heterocycles. The van der Waals surface area contributed by atoms with Crippen LogP contribution < -0.4 is 21.5 Å². The van der Waals surface area contributed by atoms with Crippen molar-refractivity contribution in [3.63, 3.8) is 0 Å². The second kappa shape index (κ2) is 7.30. The molecule has 4 rings (SSSR count). The van der Waals surface area contributed by atoms with E-state index in [0.29, 0.717) is 31.1 Å². The molecule has 3 aromatic rings. The topological polar surface area (TPSA) is 71.3 Å². The number of benzene rings is 2. The molecule has 28 heavy (non-hydrogen) atoms. The highest BCUT2D eigenvalue weighted by Gasteiger charge is 2.26. The minimum Gasteiger partial charge on any atom is -0.324 e. The van der Waals surface area contributed by atoms with E-state index in [1.807, 2.05) is 56.3 Å². The molecule has 1 atom stereocenters. The number of aryl methyl sites for hydroxylation is 2. The van der Waals surface area contributed by atoms with E-state index in [1.54, 1.807) is 4.57 Å². The monoisotopic (exact) mass is 397 g/mol. The number of aromatic nitrogens is 2. The third-order valence-corrected chi connectivity index (χ3v) is 5.66. The summed E-state index contributed by atoms with van der Waals surface area (Å²) in [6, 6.07) is 13.5. The first kappa shape index (κ1) is 18.5. The van der Waals surface area contributed by atoms with E-state index in [-0.39, 0.29) is 5.56 Å². The lowest BCUT2D eigenvalue weighted by molar-refractivity contribution is -0.926. The molecule has 0 radical (unpaired) electrons. The minimum atomic E-state index is -0.436. The van der Waals surface area contributed by atoms with Crippen molar-refractivity contribution in [1.82, 2.24) is 9.55 Å². The van der Waals surface area contributed by atoms with Gasteiger partial charge in [-0.25, -0.2) is 9.36 Å². The number of nitrogens with zero attached hydrogens (tertiary/aromatic N) is 1. The van der Waals surface area contributed by atoms with Gasteiger partial charge in [0.2, 0.25) is 0 Å². The van der Waals surface area contributed by atoms with Crippen LogP contribution in [0.25, 0.3) is 5.69 Å². The number of hydrogen-bond acceptors (Lipinski definition) is 3. The molecule has 0 spiro atoms. The zero-order valence-corrected chi connectivity index (χ0v) is 16.6. The number of rotatable bonds is 3. The van der Waals surface area contributed by atoms with Gasteiger partial charge in [0.05, 0.1) is 5.69 Å². The zero-order valence-electron chi connectivity index (χ0n) is 15.8. The molecular formula is C21H22ClN4O2+. The predicted octanol–water partition coefficient (Wildman–Crippen LogP) is 1.76. The van der Waals surface area contributed by atoms with Crippen LogP contribution in [0.15, 0.2) is 52.1 Å². The number of H-pyrrole nitrogens is 1. The van der Waals surface area contributed by atoms with Crippen LogP contribution in [0.5, 0.6) is 0 Å². The molecule has 0 saturated heterocycles. The molecule has 1 aliphatic heterocycles. The number of halogens is 1. The quantitative estimate of drug-likeness (QED) is 0.630. The van der Waals surface area contributed by atoms with Gasteiger partial charge >= 0.3 is 5.69 Å². The molecule has 0 aliphatic carbocycles. The first-order chi connectivity index (χ1) is 13.4. The van der Waals surface area contributed by atoms with Crippen molar-refractivity contribution in [2.24, 2.45) is 0 Å². The van der Waals surface area contributed by atoms with Gasteiger partial charge in [-0.15, -0.1) is 0 Å². The summed E-state index contributed by atoms with van der Waals surface area (Å²) in [5.74, 6) is 0.569. The Hall–Kier alpha value is -2.83. The first-order valence-electron chi connectivity index (χ1n) is 9.20. The highest BCUT2D eigenvalue weighted by Crippen LogP contribution is 2.19. The van der Waals surface area contributed by atoms with E-state index >= 15 is 0 Å². The molecule has 0 saturated carbocycles. The van der Waals surface area contributed by atoms with Crippen LogP contribution in [0.1, 0.15) is 22.3 Å². The lowest BCUT2D eigenvalue weighted by Gasteiger charge is -2.28. The van der Waals surface area contributed by atoms with Gasteiger partial charge in [0.25, 0.3) is 5.56 Å². The molecule has 1 aliphatic rings. The summed E-state index contributed by atoms with van der Waals surface area (Å²) in [5.41, 5.74) is 3.81. The lowest BCUT2D eigenvalue weighted by atomic mass is 10.1. The maximum absolute atomic E-state index is 12.6. The van der Waals surface area contributed by atoms with Crippen LogP contribution in [0, 0.1) is 13.8 Å². The summed E-state index contributed by atoms with van der Waals surface area (Å²) in [6.45, 7) is 5.82. The average molecular weight is 398 g/mol. The van der Waals surface area contributed by atoms with Gasteiger partial charge in [0.15, 0.2) is 6.67 Å². The van der Waals surface area contributed by atoms with Crippen molar-refractivity contribution in [3.8, 4) is 5.69 Å². The predicted molar refractivity (Wildman–Crippen MR) is 110 cm³/mol. The molecule has 0 amide bonds. The average Bonchev–Trinajstić information content (AvgIpc) is 2.67. The van der Waals surface area contributed by atoms with Crippen molar-refractivity contribution in [2.45, 2.75) is 26.9 Å². The molecule has 2 heterocycles. The van der Waals surface area contributed by atoms with E-state index in [2.05, 4.69) is 10.3 Å². The summed E-state index contributed by atoms with van der Waals surface area (Å²) < 4.78 is 1.55. The third kappa shape index (κ3) is 3.37. The Morgan fingerprint density at radius 2 is 1.89 bits per heavy atom. The SMILES string of the molecule is Cc1ccc(-n2c3c(c(=O)[nH]c2=O)C[NH+](Cc2ccccc2Cl)CN3)cc1C. The van der Waals surface area contributed by atoms with Crippen LogP contribution in [0.4, 0.5) is 5.82 Å². The summed E-state index contributed by atoms with van der Waals surface area (Å²) in [4.78, 5) is 28.7. The summed E-state index contributed by atoms with van der Waals surface area (Å²) in [6.07, 6.45) is 0. The van der Waals surface area contributed by atoms with E-state index in [9.17, 15) is 9.59 Å². The van der Waals surface area contributed by atoms with Crippen molar-refractivity contribution >= 4 is 17.4 Å². The van der Waals surface area contributed by atoms with Crippen LogP contribution in [0.3, 0.4) is 0 Å². The minimum absolute atomic E-state index is 0.344. The number of nitrogens with one attached hydrogen (secondary N) is 3. The van der Waals surface area contributed by atoms with Crippen LogP contribution >= 0.6 is 11.6 Å². The molecule has 7 heteroatoms. The highest BCUT2D eigenvalue weighted by atomic mass is 35.5. The summed E-state index contributed by atoms with van der Waals surface area (Å²) in [5, 5.41) is 4.02. The maximum Gasteiger partial charge on any atom is 0.334 e. The molecule has 3 N–H and O–H groups in total. The van der Waals surface area contributed by atoms with Gasteiger partial charge in [0.1, 0.15) is 24.5 Å². The van der Waals surface area contributed by atoms with E-state index in [1.165, 1.54) is 0 Å². The standard InChI is InChI=1S/C21H21ClN4O2/c1-13-7-8-16(9-14(13)2)26-19-17(20(27)24-21(26)28)11-25(12-23-19)10-15-5-3-4-6-18(15)22/h3-9,23H,10-12H2,1-2H3,(H,24,27,28)/p+1. The molecule has 0 bridgehead atoms. The van der Waals surface area contributed by atoms with Crippen LogP contribution in [0.2, 0.25) is 5.02 Å². The fourth-order valence-electron chi connectivity index (χ4n) is 3.59. The molecule has 0 fully saturated rings. The second-order valence-corrected chi connectivity index (χ2v) is 7.65. The molecular weight excluding hydrogens is 376 g/mol. The largest absolute Gasteiger partial charge is 0.334 e. The fraction of sp³-hybridized carbons (Fsp3) is 0.238. The number of aromatic amines is 1. The third-order valence-electron chi connectivity index (χ3n) is 5.29. The Labute approximate surface area is 167 Å². The van der Waals surface area contributed by atoms with Crippen molar-refractivity contribution in [1.29, 1.82) is 0 Å². The molecule has 144 valence electrons. The Morgan fingerprint density at radius 3 is 2.64 bits per heavy atom. The Kier molecular flexibility index (Phi) is 4.83. The van der Waals surface area contributed by atoms with E-state index < -0.39 is 5.69 Å². The Bertz CT molecular complexity index is 1170. The lowest BCUT2D eigenvalue weighted by Crippen LogP contribution is -3.11. The number of quaternary nitrogens is 1. The normalized spacial score (nSPS) is 15.8. The Balaban J connectivity index is 1.73. The van der Waals surface area contributed by atoms with Crippen LogP contribution in [-0.4, -0.2) is 16.2 Å². The number of fused-ring (bicyclic) bond motifs is 1. The maximum atomic E-state index is 12.6. The second-order valence-electron chi connectivity index (χ2n) is 7.24. The Morgan fingerprint density at radius 1 is 1.11 bits per heavy atom. The zero-order chi connectivity index (χ0) is 19.8. The van der Waals surface area contributed by atoms with Gasteiger partial charge < -0.3 is 10.2 Å². The summed E-state index contributed by atoms with van der Waals surface area (Å²) in [7, 11) is 0. The number of anilines is 1. The first-order valence-corrected chi connectivity index (χ1v) is 9.58. The van der Waals surface area contributed by atoms with Crippen molar-refractivity contribution in [3.05, 3.63) is 90.6 Å². The van der Waals surface area contributed by atoms with Gasteiger partial charge in [-0.1, -0.05) is 35.9 Å². The number of hydrogen-bond donors (Lipinski definition) is 3. The highest BCUT2D eigenvalue weighted by molar-refractivity contribution is 6.31. The van der Waals surface area contributed by atoms with Crippen LogP contribution in [-0.2, 0) is 13.1 Å². The molecule has 1 unspecified atom stereocenters. The van der Waals surface area contributed by atoms with Crippen molar-refractivity contribution < 1.29 is 4.90 Å². The van der Waals surface area contributed by atoms with E-state index in [0.717, 1.165) is 32.3 Å². The van der Waals surface area contributed by atoms with Crippen molar-refractivity contribution in [2.75, 3.05) is 12.0 Å². The van der Waals surface area contributed by atoms with Gasteiger partial charge in [0, 0.05) is 10.6 Å².